The van der Waals surface area contributed by atoms with Gasteiger partial charge in [0, 0.05) is 19.3 Å². The number of carboxylic acids is 4. The lowest BCUT2D eigenvalue weighted by Crippen LogP contribution is -2.45. The Labute approximate surface area is 648 Å². The van der Waals surface area contributed by atoms with Crippen molar-refractivity contribution in [1.82, 2.24) is 4.90 Å². The molecular formula is C59H150ClNO25Si16. The monoisotopic (exact) mass is 1760 g/mol. The summed E-state index contributed by atoms with van der Waals surface area (Å²) in [5.41, 5.74) is 0. The lowest BCUT2D eigenvalue weighted by Gasteiger charge is -2.31. The van der Waals surface area contributed by atoms with E-state index in [0.717, 1.165) is 75.9 Å². The Hall–Kier alpha value is -1.98. The fourth-order valence-electron chi connectivity index (χ4n) is 6.04. The van der Waals surface area contributed by atoms with Gasteiger partial charge < -0.3 is 65.4 Å². The van der Waals surface area contributed by atoms with Crippen LogP contribution in [0.1, 0.15) is 168 Å². The first-order valence-corrected chi connectivity index (χ1v) is 78.5. The van der Waals surface area contributed by atoms with Crippen molar-refractivity contribution >= 4 is 196 Å². The second-order valence-electron chi connectivity index (χ2n) is 24.3. The Bertz CT molecular complexity index is 1890. The van der Waals surface area contributed by atoms with Crippen molar-refractivity contribution in [2.24, 2.45) is 5.92 Å². The summed E-state index contributed by atoms with van der Waals surface area (Å²) in [6.45, 7) is 60.8. The topological polar surface area (TPSA) is 429 Å². The van der Waals surface area contributed by atoms with Crippen LogP contribution < -0.4 is 0 Å². The first-order chi connectivity index (χ1) is 46.2. The summed E-state index contributed by atoms with van der Waals surface area (Å²) in [6, 6.07) is 3.18. The van der Waals surface area contributed by atoms with Crippen LogP contribution in [0.15, 0.2) is 12.7 Å². The fraction of sp³-hybridized carbons (Fsp3) is 0.831. The van der Waals surface area contributed by atoms with Crippen molar-refractivity contribution in [3.63, 3.8) is 0 Å². The third-order valence-electron chi connectivity index (χ3n) is 12.2. The van der Waals surface area contributed by atoms with Crippen molar-refractivity contribution in [3.8, 4) is 0 Å². The molecule has 0 aliphatic heterocycles. The molecule has 1 atom stereocenters. The van der Waals surface area contributed by atoms with Gasteiger partial charge in [-0.05, 0) is 121 Å². The number of halogens is 1. The molecule has 0 saturated heterocycles. The molecule has 612 valence electrons. The second-order valence-corrected chi connectivity index (χ2v) is 102. The normalized spacial score (nSPS) is 11.2. The zero-order valence-corrected chi connectivity index (χ0v) is 86.0. The number of carboxylic acid groups (broad SMARTS) is 4. The third kappa shape index (κ3) is 152. The quantitative estimate of drug-likeness (QED) is 0.0134. The minimum absolute atomic E-state index is 0. The third-order valence-corrected chi connectivity index (χ3v) is 78.7. The van der Waals surface area contributed by atoms with Crippen LogP contribution in [0.4, 0.5) is 0 Å². The molecular weight excluding hydrogens is 1610 g/mol. The molecule has 0 aliphatic rings. The van der Waals surface area contributed by atoms with E-state index in [2.05, 4.69) is 97.7 Å². The number of hydrogen-bond donors (Lipinski definition) is 7. The zero-order chi connectivity index (χ0) is 82.7. The number of carbonyl (C=O) groups is 4. The van der Waals surface area contributed by atoms with E-state index in [9.17, 15) is 32.6 Å². The van der Waals surface area contributed by atoms with Crippen LogP contribution in [-0.4, -0.2) is 245 Å². The Morgan fingerprint density at radius 3 is 0.824 bits per heavy atom. The number of allylic oxidation sites excluding steroid dienone is 1. The van der Waals surface area contributed by atoms with Crippen LogP contribution in [0.5, 0.6) is 0 Å². The molecule has 7 N–H and O–H groups in total. The molecule has 0 saturated carbocycles. The van der Waals surface area contributed by atoms with Crippen molar-refractivity contribution in [2.45, 2.75) is 295 Å². The molecule has 0 rings (SSSR count). The van der Waals surface area contributed by atoms with Gasteiger partial charge in [-0.3, -0.25) is 19.2 Å². The molecule has 0 aromatic rings. The molecule has 26 nitrogen and oxygen atoms in total. The van der Waals surface area contributed by atoms with E-state index in [0.29, 0.717) is 11.2 Å². The van der Waals surface area contributed by atoms with Gasteiger partial charge in [0.25, 0.3) is 15.4 Å². The van der Waals surface area contributed by atoms with Crippen molar-refractivity contribution in [1.29, 1.82) is 0 Å². The number of carbonyl (C=O) groups excluding carboxylic acids is 8. The van der Waals surface area contributed by atoms with E-state index in [1.807, 2.05) is 74.3 Å². The molecule has 0 bridgehead atoms. The summed E-state index contributed by atoms with van der Waals surface area (Å²) >= 11 is 5.41. The minimum Gasteiger partial charge on any atom is -0.481 e. The highest BCUT2D eigenvalue weighted by atomic mass is 35.6. The lowest BCUT2D eigenvalue weighted by atomic mass is 10.1. The van der Waals surface area contributed by atoms with E-state index < -0.39 is 161 Å². The van der Waals surface area contributed by atoms with Crippen LogP contribution in [0.3, 0.4) is 0 Å². The van der Waals surface area contributed by atoms with Crippen molar-refractivity contribution in [2.75, 3.05) is 19.6 Å². The highest BCUT2D eigenvalue weighted by Crippen LogP contribution is 2.23. The van der Waals surface area contributed by atoms with E-state index in [4.69, 9.17) is 96.6 Å². The van der Waals surface area contributed by atoms with Gasteiger partial charge in [-0.2, -0.15) is 49.4 Å². The molecule has 0 spiro atoms. The predicted molar refractivity (Wildman–Crippen MR) is 452 cm³/mol. The number of nitrogens with zero attached hydrogens (tertiary/aromatic N) is 1. The summed E-state index contributed by atoms with van der Waals surface area (Å²) in [5, 5.41) is 34.8. The van der Waals surface area contributed by atoms with E-state index in [1.165, 1.54) is 19.6 Å². The Kier molecular flexibility index (Phi) is 141. The Balaban J connectivity index is -0.0000000689. The second kappa shape index (κ2) is 103. The maximum atomic E-state index is 11.3. The van der Waals surface area contributed by atoms with Gasteiger partial charge in [0.2, 0.25) is 15.6 Å². The fourth-order valence-corrected chi connectivity index (χ4v) is 60.9. The average Bonchev–Trinajstić information content (AvgIpc) is 0.893. The van der Waals surface area contributed by atoms with Gasteiger partial charge in [0.1, 0.15) is 37.4 Å². The molecule has 0 aromatic carbocycles. The van der Waals surface area contributed by atoms with Crippen LogP contribution >= 0.6 is 11.1 Å². The van der Waals surface area contributed by atoms with Gasteiger partial charge in [0.05, 0.1) is 30.9 Å². The van der Waals surface area contributed by atoms with Gasteiger partial charge in [-0.25, -0.2) is 0 Å². The highest BCUT2D eigenvalue weighted by molar-refractivity contribution is 7.55. The summed E-state index contributed by atoms with van der Waals surface area (Å²) in [4.78, 5) is 136. The first kappa shape index (κ1) is 139. The maximum Gasteiger partial charge on any atom is 0.373 e. The van der Waals surface area contributed by atoms with Gasteiger partial charge in [-0.15, -0.1) is 6.58 Å². The highest BCUT2D eigenvalue weighted by Gasteiger charge is 2.31. The SMILES string of the molecule is C.C.C=CCC(C)C(=O)O.CC.CC.CC.CCN(CC)CC.C[SiH](C)Cl.C[SiH](C)[Si](=O)[Si](=O)[SiH](C)C.C[Si](=O)[SiH](C)C.C[Si](C)(CCCCCC(=O)O)O[SiH2]C([SiH2]O[Si](C)(C)CCCCCC(=O)O)[SiH2]O[Si](C)(C)CCCCCC(=O)O.C[Si](O)([SiH2]O)[SiH2]O.O=C=O.O=C=O.O=C=O.O=C=O. The van der Waals surface area contributed by atoms with Crippen LogP contribution in [0, 0.1) is 5.92 Å². The van der Waals surface area contributed by atoms with E-state index >= 15 is 0 Å². The number of hydrogen-bond acceptors (Lipinski definition) is 22. The van der Waals surface area contributed by atoms with E-state index in [1.54, 1.807) is 19.5 Å². The van der Waals surface area contributed by atoms with Crippen LogP contribution in [0.2, 0.25) is 128 Å². The van der Waals surface area contributed by atoms with Gasteiger partial charge in [0.15, 0.2) is 43.5 Å². The average molecular weight is 1760 g/mol. The Morgan fingerprint density at radius 1 is 0.510 bits per heavy atom. The molecule has 0 heterocycles. The summed E-state index contributed by atoms with van der Waals surface area (Å²) < 4.78 is 53.1. The largest absolute Gasteiger partial charge is 0.481 e. The van der Waals surface area contributed by atoms with Crippen molar-refractivity contribution < 1.29 is 118 Å². The number of aliphatic carboxylic acids is 4. The Morgan fingerprint density at radius 2 is 0.716 bits per heavy atom. The number of unbranched alkanes of at least 4 members (excludes halogenated alkanes) is 6. The summed E-state index contributed by atoms with van der Waals surface area (Å²) in [6.07, 6.45) is 12.0. The molecule has 0 aromatic heterocycles. The number of rotatable bonds is 39. The zero-order valence-electron chi connectivity index (χ0n) is 66.5. The van der Waals surface area contributed by atoms with E-state index in [-0.39, 0.29) is 64.6 Å². The first-order valence-electron chi connectivity index (χ1n) is 34.5. The molecule has 43 heteroatoms. The molecule has 0 fully saturated rings. The van der Waals surface area contributed by atoms with Gasteiger partial charge >= 0.3 is 48.5 Å². The maximum absolute atomic E-state index is 11.3. The molecule has 1 unspecified atom stereocenters. The van der Waals surface area contributed by atoms with Crippen molar-refractivity contribution in [3.05, 3.63) is 12.7 Å². The summed E-state index contributed by atoms with van der Waals surface area (Å²) in [5.74, 6) is -3.22. The molecule has 102 heavy (non-hydrogen) atoms. The van der Waals surface area contributed by atoms with Crippen LogP contribution in [0.25, 0.3) is 0 Å². The lowest BCUT2D eigenvalue weighted by molar-refractivity contribution is -0.193. The van der Waals surface area contributed by atoms with Crippen LogP contribution in [-0.2, 0) is 83.3 Å². The summed E-state index contributed by atoms with van der Waals surface area (Å²) in [7, 11) is -20.3. The molecule has 0 radical (unpaired) electrons. The standard InChI is InChI=1S/C25H58O9Si6.C6H15N.C6H10O2.C4H14O2Si4.C3H10OSi2.C2H7ClSi.3C2H6.CH10O3Si3.4CO2.2CH4/c1-38(2,19-13-7-10-16-22(26)27)32-35-25(36-33-39(3,4)20-14-8-11-17-23(28)29)37-34-40(5,6)21-15-9-12-18-24(30)31;1-4-7(5-2)6-3;1-3-4-5(2)6(7)8;1-7(2)9(5)10(6)8(3)4;1-5(2)6(3)4;1-4(2)3;3*1-2;1-7(4,5-2)6-3;4*2-1-3;;/h25H,7-21,35-37H2,1-6H3,(H,26,27)(H,28,29)(H,30,31);4-6H2,1-3H3;3,5H,1,4H2,2H3,(H,7,8);7-8H,1-4H3;5H,1-3H3;4H,1-2H3;3*1-2H3;2-4H,5-6H2,1H3;;;;;2*1H4. The predicted octanol–water partition coefficient (Wildman–Crippen LogP) is 7.74. The van der Waals surface area contributed by atoms with Gasteiger partial charge in [-0.1, -0.05) is 181 Å². The molecule has 0 amide bonds. The molecule has 0 aliphatic carbocycles. The smallest absolute Gasteiger partial charge is 0.373 e. The minimum atomic E-state index is -2.26.